The van der Waals surface area contributed by atoms with E-state index in [1.54, 1.807) is 0 Å². The van der Waals surface area contributed by atoms with Crippen molar-refractivity contribution in [2.45, 2.75) is 37.9 Å². The van der Waals surface area contributed by atoms with Crippen LogP contribution in [0.15, 0.2) is 72.8 Å². The summed E-state index contributed by atoms with van der Waals surface area (Å²) in [4.78, 5) is 15.8. The number of rotatable bonds is 5. The zero-order valence-corrected chi connectivity index (χ0v) is 18.3. The van der Waals surface area contributed by atoms with Gasteiger partial charge in [0, 0.05) is 46.5 Å². The number of aromatic nitrogens is 1. The predicted molar refractivity (Wildman–Crippen MR) is 130 cm³/mol. The molecule has 4 aromatic rings. The van der Waals surface area contributed by atoms with Crippen LogP contribution in [-0.2, 0) is 6.54 Å². The molecular weight excluding hydrogens is 394 g/mol. The van der Waals surface area contributed by atoms with Crippen LogP contribution in [0.5, 0.6) is 0 Å². The van der Waals surface area contributed by atoms with E-state index >= 15 is 0 Å². The minimum absolute atomic E-state index is 0.0445. The van der Waals surface area contributed by atoms with E-state index in [4.69, 9.17) is 0 Å². The number of hydrogen-bond donors (Lipinski definition) is 1. The molecule has 0 bridgehead atoms. The zero-order valence-electron chi connectivity index (χ0n) is 18.3. The molecule has 2 saturated heterocycles. The second-order valence-electron chi connectivity index (χ2n) is 9.22. The van der Waals surface area contributed by atoms with Gasteiger partial charge in [0.1, 0.15) is 0 Å². The van der Waals surface area contributed by atoms with Gasteiger partial charge in [-0.3, -0.25) is 9.69 Å². The van der Waals surface area contributed by atoms with Crippen molar-refractivity contribution in [3.63, 3.8) is 0 Å². The molecule has 0 radical (unpaired) electrons. The number of benzene rings is 3. The standard InChI is InChI=1S/C28H29N3O/c32-28(27-10-5-17-30(27)22-15-16-29-18-22)21-13-11-20(12-14-21)19-31-25-8-3-1-6-23(25)24-7-2-4-9-26(24)31/h1-4,6-9,11-14,22,27,29H,5,10,15-19H2/t22-,27?/m0/s1. The third-order valence-electron chi connectivity index (χ3n) is 7.36. The summed E-state index contributed by atoms with van der Waals surface area (Å²) in [5, 5.41) is 6.03. The summed E-state index contributed by atoms with van der Waals surface area (Å²) in [6.07, 6.45) is 3.26. The van der Waals surface area contributed by atoms with Gasteiger partial charge in [-0.2, -0.15) is 0 Å². The predicted octanol–water partition coefficient (Wildman–Crippen LogP) is 4.85. The summed E-state index contributed by atoms with van der Waals surface area (Å²) in [5.74, 6) is 0.290. The van der Waals surface area contributed by atoms with E-state index < -0.39 is 0 Å². The van der Waals surface area contributed by atoms with Gasteiger partial charge in [0.2, 0.25) is 0 Å². The van der Waals surface area contributed by atoms with Gasteiger partial charge in [-0.15, -0.1) is 0 Å². The van der Waals surface area contributed by atoms with Gasteiger partial charge in [0.15, 0.2) is 5.78 Å². The van der Waals surface area contributed by atoms with Crippen LogP contribution in [-0.4, -0.2) is 47.0 Å². The Morgan fingerprint density at radius 3 is 2.22 bits per heavy atom. The minimum atomic E-state index is 0.0445. The average molecular weight is 424 g/mol. The largest absolute Gasteiger partial charge is 0.336 e. The molecule has 1 N–H and O–H groups in total. The van der Waals surface area contributed by atoms with Crippen molar-refractivity contribution in [2.75, 3.05) is 19.6 Å². The molecule has 162 valence electrons. The normalized spacial score (nSPS) is 21.6. The van der Waals surface area contributed by atoms with Crippen LogP contribution in [0.4, 0.5) is 0 Å². The quantitative estimate of drug-likeness (QED) is 0.466. The zero-order chi connectivity index (χ0) is 21.5. The topological polar surface area (TPSA) is 37.3 Å². The molecule has 1 unspecified atom stereocenters. The lowest BCUT2D eigenvalue weighted by Crippen LogP contribution is -2.44. The van der Waals surface area contributed by atoms with E-state index in [1.165, 1.54) is 27.4 Å². The Kier molecular flexibility index (Phi) is 5.05. The third kappa shape index (κ3) is 3.35. The van der Waals surface area contributed by atoms with Gasteiger partial charge >= 0.3 is 0 Å². The molecule has 32 heavy (non-hydrogen) atoms. The summed E-state index contributed by atoms with van der Waals surface area (Å²) in [6.45, 7) is 3.93. The lowest BCUT2D eigenvalue weighted by molar-refractivity contribution is 0.0826. The maximum Gasteiger partial charge on any atom is 0.179 e. The highest BCUT2D eigenvalue weighted by Gasteiger charge is 2.36. The number of Topliss-reactive ketones (excluding diaryl/α,β-unsaturated/α-hetero) is 1. The molecule has 0 amide bonds. The van der Waals surface area contributed by atoms with Crippen molar-refractivity contribution in [2.24, 2.45) is 0 Å². The monoisotopic (exact) mass is 423 g/mol. The summed E-state index contributed by atoms with van der Waals surface area (Å²) >= 11 is 0. The fourth-order valence-corrected chi connectivity index (χ4v) is 5.75. The number of para-hydroxylation sites is 2. The number of nitrogens with one attached hydrogen (secondary N) is 1. The maximum absolute atomic E-state index is 13.3. The summed E-state index contributed by atoms with van der Waals surface area (Å²) in [6, 6.07) is 26.1. The fraction of sp³-hybridized carbons (Fsp3) is 0.321. The molecule has 0 aliphatic carbocycles. The Morgan fingerprint density at radius 2 is 1.56 bits per heavy atom. The highest BCUT2D eigenvalue weighted by Crippen LogP contribution is 2.30. The summed E-state index contributed by atoms with van der Waals surface area (Å²) in [5.41, 5.74) is 4.57. The molecule has 4 heteroatoms. The first kappa shape index (κ1) is 19.7. The second kappa shape index (κ2) is 8.19. The Labute approximate surface area is 188 Å². The van der Waals surface area contributed by atoms with Gasteiger partial charge in [-0.1, -0.05) is 60.7 Å². The van der Waals surface area contributed by atoms with Gasteiger partial charge in [0.25, 0.3) is 0 Å². The average Bonchev–Trinajstić information content (AvgIpc) is 3.59. The smallest absolute Gasteiger partial charge is 0.179 e. The third-order valence-corrected chi connectivity index (χ3v) is 7.36. The molecule has 3 heterocycles. The Hall–Kier alpha value is -2.95. The van der Waals surface area contributed by atoms with Crippen LogP contribution < -0.4 is 5.32 Å². The molecular formula is C28H29N3O. The van der Waals surface area contributed by atoms with E-state index in [-0.39, 0.29) is 11.8 Å². The van der Waals surface area contributed by atoms with Crippen molar-refractivity contribution in [1.29, 1.82) is 0 Å². The van der Waals surface area contributed by atoms with Crippen molar-refractivity contribution < 1.29 is 4.79 Å². The van der Waals surface area contributed by atoms with Crippen molar-refractivity contribution in [1.82, 2.24) is 14.8 Å². The first-order valence-electron chi connectivity index (χ1n) is 11.9. The molecule has 4 nitrogen and oxygen atoms in total. The van der Waals surface area contributed by atoms with E-state index in [0.717, 1.165) is 51.0 Å². The first-order chi connectivity index (χ1) is 15.8. The van der Waals surface area contributed by atoms with Gasteiger partial charge in [0.05, 0.1) is 6.04 Å². The lowest BCUT2D eigenvalue weighted by atomic mass is 10.00. The second-order valence-corrected chi connectivity index (χ2v) is 9.22. The number of nitrogens with zero attached hydrogens (tertiary/aromatic N) is 2. The number of likely N-dealkylation sites (tertiary alicyclic amines) is 1. The molecule has 2 fully saturated rings. The SMILES string of the molecule is O=C(c1ccc(Cn2c3ccccc3c3ccccc32)cc1)C1CCCN1[C@H]1CCNC1. The molecule has 3 aromatic carbocycles. The summed E-state index contributed by atoms with van der Waals surface area (Å²) in [7, 11) is 0. The molecule has 1 aromatic heterocycles. The first-order valence-corrected chi connectivity index (χ1v) is 11.9. The van der Waals surface area contributed by atoms with E-state index in [9.17, 15) is 4.79 Å². The van der Waals surface area contributed by atoms with E-state index in [2.05, 4.69) is 75.4 Å². The van der Waals surface area contributed by atoms with Crippen LogP contribution >= 0.6 is 0 Å². The number of fused-ring (bicyclic) bond motifs is 3. The van der Waals surface area contributed by atoms with Crippen molar-refractivity contribution >= 4 is 27.6 Å². The lowest BCUT2D eigenvalue weighted by Gasteiger charge is -2.29. The maximum atomic E-state index is 13.3. The van der Waals surface area contributed by atoms with Crippen LogP contribution in [0.2, 0.25) is 0 Å². The summed E-state index contributed by atoms with van der Waals surface area (Å²) < 4.78 is 2.38. The number of carbonyl (C=O) groups excluding carboxylic acids is 1. The number of carbonyl (C=O) groups is 1. The molecule has 0 spiro atoms. The fourth-order valence-electron chi connectivity index (χ4n) is 5.75. The van der Waals surface area contributed by atoms with Crippen LogP contribution in [0, 0.1) is 0 Å². The highest BCUT2D eigenvalue weighted by atomic mass is 16.1. The van der Waals surface area contributed by atoms with Crippen LogP contribution in [0.3, 0.4) is 0 Å². The Balaban J connectivity index is 1.26. The van der Waals surface area contributed by atoms with Crippen LogP contribution in [0.1, 0.15) is 35.2 Å². The van der Waals surface area contributed by atoms with Crippen molar-refractivity contribution in [3.8, 4) is 0 Å². The number of ketones is 1. The van der Waals surface area contributed by atoms with Gasteiger partial charge in [-0.05, 0) is 50.0 Å². The molecule has 2 atom stereocenters. The van der Waals surface area contributed by atoms with E-state index in [0.29, 0.717) is 6.04 Å². The number of hydrogen-bond acceptors (Lipinski definition) is 3. The van der Waals surface area contributed by atoms with Gasteiger partial charge < -0.3 is 9.88 Å². The molecule has 2 aliphatic rings. The van der Waals surface area contributed by atoms with E-state index in [1.807, 2.05) is 12.1 Å². The molecule has 2 aliphatic heterocycles. The van der Waals surface area contributed by atoms with Gasteiger partial charge in [-0.25, -0.2) is 0 Å². The van der Waals surface area contributed by atoms with Crippen molar-refractivity contribution in [3.05, 3.63) is 83.9 Å². The van der Waals surface area contributed by atoms with Crippen LogP contribution in [0.25, 0.3) is 21.8 Å². The minimum Gasteiger partial charge on any atom is -0.336 e. The molecule has 6 rings (SSSR count). The Morgan fingerprint density at radius 1 is 0.875 bits per heavy atom. The molecule has 0 saturated carbocycles. The highest BCUT2D eigenvalue weighted by molar-refractivity contribution is 6.08. The Bertz CT molecular complexity index is 1210.